The Morgan fingerprint density at radius 1 is 1.06 bits per heavy atom. The maximum absolute atomic E-state index is 13.0. The van der Waals surface area contributed by atoms with E-state index in [0.717, 1.165) is 89.1 Å². The third-order valence-corrected chi connectivity index (χ3v) is 8.31. The quantitative estimate of drug-likeness (QED) is 0.378. The van der Waals surface area contributed by atoms with Crippen molar-refractivity contribution < 1.29 is 9.72 Å². The van der Waals surface area contributed by atoms with E-state index in [2.05, 4.69) is 20.1 Å². The molecule has 1 aliphatic heterocycles. The van der Waals surface area contributed by atoms with E-state index in [9.17, 15) is 14.9 Å². The molecule has 4 aliphatic carbocycles. The van der Waals surface area contributed by atoms with E-state index in [1.165, 1.54) is 25.3 Å². The highest BCUT2D eigenvalue weighted by Gasteiger charge is 2.54. The van der Waals surface area contributed by atoms with Gasteiger partial charge in [-0.25, -0.2) is 0 Å². The maximum Gasteiger partial charge on any atom is 0.365 e. The van der Waals surface area contributed by atoms with Gasteiger partial charge in [-0.3, -0.25) is 9.69 Å². The Hall–Kier alpha value is -2.22. The fourth-order valence-corrected chi connectivity index (χ4v) is 7.13. The molecule has 32 heavy (non-hydrogen) atoms. The van der Waals surface area contributed by atoms with Crippen LogP contribution in [0.2, 0.25) is 0 Å². The standard InChI is InChI=1S/C24H35N5O3/c30-23(24-15-18-12-19(16-24)14-20(13-18)17-24)25-6-1-2-7-27-8-10-28(11-9-27)21-4-3-5-22(26-21)29(31)32/h3-5,18-20H,1-2,6-17H2,(H,25,30). The number of rotatable bonds is 8. The normalized spacial score (nSPS) is 31.6. The van der Waals surface area contributed by atoms with Crippen molar-refractivity contribution in [1.29, 1.82) is 0 Å². The molecule has 0 unspecified atom stereocenters. The molecule has 6 rings (SSSR count). The van der Waals surface area contributed by atoms with E-state index in [-0.39, 0.29) is 11.2 Å². The van der Waals surface area contributed by atoms with Crippen LogP contribution in [-0.2, 0) is 4.79 Å². The first-order valence-electron chi connectivity index (χ1n) is 12.4. The molecule has 0 aromatic carbocycles. The molecule has 8 heteroatoms. The van der Waals surface area contributed by atoms with Crippen LogP contribution in [0.15, 0.2) is 18.2 Å². The van der Waals surface area contributed by atoms with Crippen LogP contribution in [0.5, 0.6) is 0 Å². The van der Waals surface area contributed by atoms with Gasteiger partial charge in [0.25, 0.3) is 0 Å². The van der Waals surface area contributed by atoms with E-state index in [1.807, 2.05) is 6.07 Å². The van der Waals surface area contributed by atoms with E-state index in [1.54, 1.807) is 6.07 Å². The number of aromatic nitrogens is 1. The number of hydrogen-bond donors (Lipinski definition) is 1. The predicted octanol–water partition coefficient (Wildman–Crippen LogP) is 3.22. The van der Waals surface area contributed by atoms with Crippen LogP contribution < -0.4 is 10.2 Å². The number of amides is 1. The minimum atomic E-state index is -0.443. The summed E-state index contributed by atoms with van der Waals surface area (Å²) in [5.41, 5.74) is -0.0361. The molecule has 8 nitrogen and oxygen atoms in total. The van der Waals surface area contributed by atoms with Crippen molar-refractivity contribution in [2.75, 3.05) is 44.2 Å². The Morgan fingerprint density at radius 2 is 1.72 bits per heavy atom. The van der Waals surface area contributed by atoms with E-state index in [0.29, 0.717) is 11.7 Å². The molecule has 1 N–H and O–H groups in total. The first-order chi connectivity index (χ1) is 15.5. The number of carbonyl (C=O) groups is 1. The molecule has 5 aliphatic rings. The zero-order valence-corrected chi connectivity index (χ0v) is 18.9. The van der Waals surface area contributed by atoms with Crippen LogP contribution in [0.1, 0.15) is 51.4 Å². The van der Waals surface area contributed by atoms with Crippen LogP contribution in [0.25, 0.3) is 0 Å². The van der Waals surface area contributed by atoms with Crippen molar-refractivity contribution in [3.63, 3.8) is 0 Å². The summed E-state index contributed by atoms with van der Waals surface area (Å²) in [6, 6.07) is 4.97. The van der Waals surface area contributed by atoms with Gasteiger partial charge >= 0.3 is 5.82 Å². The van der Waals surface area contributed by atoms with Crippen LogP contribution in [0.3, 0.4) is 0 Å². The van der Waals surface area contributed by atoms with Gasteiger partial charge in [-0.05, 0) is 91.6 Å². The number of unbranched alkanes of at least 4 members (excludes halogenated alkanes) is 1. The smallest absolute Gasteiger partial charge is 0.358 e. The second-order valence-electron chi connectivity index (χ2n) is 10.6. The van der Waals surface area contributed by atoms with Crippen molar-refractivity contribution in [2.24, 2.45) is 23.2 Å². The first kappa shape index (κ1) is 21.6. The molecule has 0 radical (unpaired) electrons. The molecule has 1 amide bonds. The minimum Gasteiger partial charge on any atom is -0.358 e. The van der Waals surface area contributed by atoms with E-state index in [4.69, 9.17) is 0 Å². The average molecular weight is 442 g/mol. The number of nitro groups is 1. The molecule has 4 saturated carbocycles. The molecule has 1 aromatic heterocycles. The summed E-state index contributed by atoms with van der Waals surface area (Å²) in [6.07, 6.45) is 9.61. The van der Waals surface area contributed by atoms with Crippen LogP contribution in [0.4, 0.5) is 11.6 Å². The number of hydrogen-bond acceptors (Lipinski definition) is 6. The zero-order chi connectivity index (χ0) is 22.1. The third-order valence-electron chi connectivity index (χ3n) is 8.31. The first-order valence-corrected chi connectivity index (χ1v) is 12.4. The summed E-state index contributed by atoms with van der Waals surface area (Å²) >= 11 is 0. The van der Waals surface area contributed by atoms with Crippen LogP contribution >= 0.6 is 0 Å². The van der Waals surface area contributed by atoms with Crippen molar-refractivity contribution >= 4 is 17.5 Å². The Kier molecular flexibility index (Phi) is 6.05. The fourth-order valence-electron chi connectivity index (χ4n) is 7.13. The average Bonchev–Trinajstić information content (AvgIpc) is 2.78. The number of nitrogens with zero attached hydrogens (tertiary/aromatic N) is 4. The highest BCUT2D eigenvalue weighted by atomic mass is 16.6. The van der Waals surface area contributed by atoms with Gasteiger partial charge < -0.3 is 20.3 Å². The number of carbonyl (C=O) groups excluding carboxylic acids is 1. The minimum absolute atomic E-state index is 0.0361. The molecule has 1 aromatic rings. The zero-order valence-electron chi connectivity index (χ0n) is 18.9. The number of piperazine rings is 1. The van der Waals surface area contributed by atoms with E-state index >= 15 is 0 Å². The molecule has 5 fully saturated rings. The van der Waals surface area contributed by atoms with Gasteiger partial charge in [-0.15, -0.1) is 0 Å². The van der Waals surface area contributed by atoms with Gasteiger partial charge in [0.1, 0.15) is 0 Å². The van der Waals surface area contributed by atoms with Crippen LogP contribution in [0, 0.1) is 33.3 Å². The molecule has 174 valence electrons. The maximum atomic E-state index is 13.0. The highest BCUT2D eigenvalue weighted by Crippen LogP contribution is 2.60. The van der Waals surface area contributed by atoms with Crippen molar-refractivity contribution in [1.82, 2.24) is 15.2 Å². The Balaban J connectivity index is 1.00. The second-order valence-corrected chi connectivity index (χ2v) is 10.6. The summed E-state index contributed by atoms with van der Waals surface area (Å²) in [5, 5.41) is 14.2. The van der Waals surface area contributed by atoms with Crippen molar-refractivity contribution in [3.05, 3.63) is 28.3 Å². The molecule has 2 heterocycles. The molecular weight excluding hydrogens is 406 g/mol. The lowest BCUT2D eigenvalue weighted by atomic mass is 9.49. The van der Waals surface area contributed by atoms with Gasteiger partial charge in [-0.1, -0.05) is 0 Å². The largest absolute Gasteiger partial charge is 0.365 e. The van der Waals surface area contributed by atoms with E-state index < -0.39 is 4.92 Å². The van der Waals surface area contributed by atoms with Crippen molar-refractivity contribution in [2.45, 2.75) is 51.4 Å². The molecule has 4 bridgehead atoms. The van der Waals surface area contributed by atoms with Crippen molar-refractivity contribution in [3.8, 4) is 0 Å². The Morgan fingerprint density at radius 3 is 2.34 bits per heavy atom. The molecular formula is C24H35N5O3. The summed E-state index contributed by atoms with van der Waals surface area (Å²) in [7, 11) is 0. The van der Waals surface area contributed by atoms with Crippen LogP contribution in [-0.4, -0.2) is 60.0 Å². The van der Waals surface area contributed by atoms with Gasteiger partial charge in [0.15, 0.2) is 0 Å². The molecule has 0 spiro atoms. The summed E-state index contributed by atoms with van der Waals surface area (Å²) in [5.74, 6) is 3.36. The predicted molar refractivity (Wildman–Crippen MR) is 122 cm³/mol. The summed E-state index contributed by atoms with van der Waals surface area (Å²) < 4.78 is 0. The third kappa shape index (κ3) is 4.47. The lowest BCUT2D eigenvalue weighted by Crippen LogP contribution is -2.53. The SMILES string of the molecule is O=C(NCCCCN1CCN(c2cccc([N+](=O)[O-])n2)CC1)C12CC3CC(CC(C3)C1)C2. The van der Waals surface area contributed by atoms with Gasteiger partial charge in [0.05, 0.1) is 0 Å². The topological polar surface area (TPSA) is 91.6 Å². The molecule has 1 saturated heterocycles. The monoisotopic (exact) mass is 441 g/mol. The van der Waals surface area contributed by atoms with Gasteiger partial charge in [0, 0.05) is 50.3 Å². The number of anilines is 1. The Bertz CT molecular complexity index is 817. The fraction of sp³-hybridized carbons (Fsp3) is 0.750. The lowest BCUT2D eigenvalue weighted by molar-refractivity contribution is -0.389. The highest BCUT2D eigenvalue weighted by molar-refractivity contribution is 5.83. The second kappa shape index (κ2) is 8.96. The molecule has 0 atom stereocenters. The Labute approximate surface area is 189 Å². The number of pyridine rings is 1. The van der Waals surface area contributed by atoms with Gasteiger partial charge in [0.2, 0.25) is 11.7 Å². The number of nitrogens with one attached hydrogen (secondary N) is 1. The summed E-state index contributed by atoms with van der Waals surface area (Å²) in [4.78, 5) is 32.2. The summed E-state index contributed by atoms with van der Waals surface area (Å²) in [6.45, 7) is 5.35. The van der Waals surface area contributed by atoms with Gasteiger partial charge in [-0.2, -0.15) is 0 Å². The lowest BCUT2D eigenvalue weighted by Gasteiger charge is -2.55.